The van der Waals surface area contributed by atoms with Gasteiger partial charge in [-0.2, -0.15) is 10.5 Å². The molecule has 2 aromatic heterocycles. The predicted molar refractivity (Wildman–Crippen MR) is 90.2 cm³/mol. The standard InChI is InChI=1S/C17H14N6O3/c1-2-26-17(25)11-5-3-4-10(6-11)12-7-16(24)19-14(13(12)9-18)8-15-20-22-23-21-15/h3-7H,2,8H2,1H3,(H,19,24)(H,20,21,22,23). The molecule has 0 aliphatic rings. The molecule has 0 amide bonds. The fourth-order valence-corrected chi connectivity index (χ4v) is 2.54. The van der Waals surface area contributed by atoms with Crippen molar-refractivity contribution in [3.05, 3.63) is 63.3 Å². The summed E-state index contributed by atoms with van der Waals surface area (Å²) < 4.78 is 4.99. The first-order valence-corrected chi connectivity index (χ1v) is 7.78. The Morgan fingerprint density at radius 1 is 1.35 bits per heavy atom. The second kappa shape index (κ2) is 7.40. The second-order valence-corrected chi connectivity index (χ2v) is 5.32. The zero-order chi connectivity index (χ0) is 18.5. The molecule has 26 heavy (non-hydrogen) atoms. The summed E-state index contributed by atoms with van der Waals surface area (Å²) in [5.41, 5.74) is 1.59. The van der Waals surface area contributed by atoms with Crippen molar-refractivity contribution in [2.24, 2.45) is 0 Å². The van der Waals surface area contributed by atoms with Gasteiger partial charge in [-0.3, -0.25) is 4.79 Å². The van der Waals surface area contributed by atoms with Gasteiger partial charge in [-0.15, -0.1) is 10.2 Å². The van der Waals surface area contributed by atoms with Crippen LogP contribution in [0.3, 0.4) is 0 Å². The minimum absolute atomic E-state index is 0.139. The third-order valence-electron chi connectivity index (χ3n) is 3.64. The molecule has 0 aliphatic carbocycles. The monoisotopic (exact) mass is 350 g/mol. The molecule has 0 fully saturated rings. The lowest BCUT2D eigenvalue weighted by atomic mass is 9.97. The molecule has 2 N–H and O–H groups in total. The average Bonchev–Trinajstić information content (AvgIpc) is 3.14. The Bertz CT molecular complexity index is 1030. The van der Waals surface area contributed by atoms with Crippen molar-refractivity contribution in [1.29, 1.82) is 5.26 Å². The number of aromatic nitrogens is 5. The number of nitriles is 1. The van der Waals surface area contributed by atoms with Gasteiger partial charge in [0.15, 0.2) is 5.82 Å². The Labute approximate surface area is 147 Å². The Balaban J connectivity index is 2.09. The third-order valence-corrected chi connectivity index (χ3v) is 3.64. The largest absolute Gasteiger partial charge is 0.462 e. The van der Waals surface area contributed by atoms with E-state index in [1.165, 1.54) is 6.07 Å². The molecule has 0 atom stereocenters. The molecule has 1 aromatic carbocycles. The number of aromatic amines is 2. The first kappa shape index (κ1) is 17.0. The summed E-state index contributed by atoms with van der Waals surface area (Å²) in [7, 11) is 0. The van der Waals surface area contributed by atoms with Gasteiger partial charge in [0.05, 0.1) is 24.2 Å². The van der Waals surface area contributed by atoms with Crippen LogP contribution in [0.4, 0.5) is 0 Å². The smallest absolute Gasteiger partial charge is 0.338 e. The van der Waals surface area contributed by atoms with E-state index in [2.05, 4.69) is 31.7 Å². The van der Waals surface area contributed by atoms with Crippen LogP contribution < -0.4 is 5.56 Å². The number of nitrogens with one attached hydrogen (secondary N) is 2. The zero-order valence-electron chi connectivity index (χ0n) is 13.8. The fraction of sp³-hybridized carbons (Fsp3) is 0.176. The van der Waals surface area contributed by atoms with E-state index in [1.54, 1.807) is 31.2 Å². The predicted octanol–water partition coefficient (Wildman–Crippen LogP) is 1.19. The summed E-state index contributed by atoms with van der Waals surface area (Å²) in [6, 6.07) is 10.0. The first-order chi connectivity index (χ1) is 12.6. The number of tetrazole rings is 1. The molecule has 3 rings (SSSR count). The fourth-order valence-electron chi connectivity index (χ4n) is 2.54. The van der Waals surface area contributed by atoms with Crippen LogP contribution in [0.25, 0.3) is 11.1 Å². The summed E-state index contributed by atoms with van der Waals surface area (Å²) in [6.07, 6.45) is 0.139. The Morgan fingerprint density at radius 2 is 2.19 bits per heavy atom. The van der Waals surface area contributed by atoms with Crippen molar-refractivity contribution in [2.75, 3.05) is 6.61 Å². The zero-order valence-corrected chi connectivity index (χ0v) is 13.8. The van der Waals surface area contributed by atoms with Crippen LogP contribution in [0, 0.1) is 11.3 Å². The molecule has 3 aromatic rings. The molecular weight excluding hydrogens is 336 g/mol. The van der Waals surface area contributed by atoms with E-state index in [0.29, 0.717) is 28.2 Å². The molecule has 0 bridgehead atoms. The number of nitrogens with zero attached hydrogens (tertiary/aromatic N) is 4. The van der Waals surface area contributed by atoms with Crippen LogP contribution >= 0.6 is 0 Å². The molecule has 9 heteroatoms. The van der Waals surface area contributed by atoms with Gasteiger partial charge < -0.3 is 9.72 Å². The number of pyridine rings is 1. The number of benzene rings is 1. The molecule has 0 saturated carbocycles. The van der Waals surface area contributed by atoms with E-state index in [4.69, 9.17) is 4.74 Å². The Kier molecular flexibility index (Phi) is 4.85. The van der Waals surface area contributed by atoms with Crippen LogP contribution in [-0.4, -0.2) is 38.2 Å². The lowest BCUT2D eigenvalue weighted by Gasteiger charge is -2.09. The maximum atomic E-state index is 12.1. The molecular formula is C17H14N6O3. The summed E-state index contributed by atoms with van der Waals surface area (Å²) in [6.45, 7) is 1.98. The Morgan fingerprint density at radius 3 is 2.88 bits per heavy atom. The van der Waals surface area contributed by atoms with Gasteiger partial charge in [-0.25, -0.2) is 4.79 Å². The number of hydrogen-bond acceptors (Lipinski definition) is 7. The topological polar surface area (TPSA) is 137 Å². The Hall–Kier alpha value is -3.80. The van der Waals surface area contributed by atoms with E-state index in [-0.39, 0.29) is 24.2 Å². The highest BCUT2D eigenvalue weighted by atomic mass is 16.5. The van der Waals surface area contributed by atoms with Crippen LogP contribution in [0.1, 0.15) is 34.4 Å². The van der Waals surface area contributed by atoms with E-state index in [9.17, 15) is 14.9 Å². The van der Waals surface area contributed by atoms with Gasteiger partial charge in [-0.1, -0.05) is 17.3 Å². The number of esters is 1. The first-order valence-electron chi connectivity index (χ1n) is 7.78. The summed E-state index contributed by atoms with van der Waals surface area (Å²) >= 11 is 0. The van der Waals surface area contributed by atoms with E-state index in [0.717, 1.165) is 0 Å². The number of H-pyrrole nitrogens is 2. The van der Waals surface area contributed by atoms with Crippen LogP contribution in [0.2, 0.25) is 0 Å². The van der Waals surface area contributed by atoms with Crippen molar-refractivity contribution in [3.63, 3.8) is 0 Å². The average molecular weight is 350 g/mol. The second-order valence-electron chi connectivity index (χ2n) is 5.32. The van der Waals surface area contributed by atoms with Gasteiger partial charge in [0.1, 0.15) is 6.07 Å². The quantitative estimate of drug-likeness (QED) is 0.659. The van der Waals surface area contributed by atoms with Gasteiger partial charge in [0.2, 0.25) is 5.56 Å². The van der Waals surface area contributed by atoms with Crippen molar-refractivity contribution in [1.82, 2.24) is 25.6 Å². The summed E-state index contributed by atoms with van der Waals surface area (Å²) in [4.78, 5) is 26.7. The maximum absolute atomic E-state index is 12.1. The van der Waals surface area contributed by atoms with Crippen molar-refractivity contribution < 1.29 is 9.53 Å². The van der Waals surface area contributed by atoms with E-state index >= 15 is 0 Å². The normalized spacial score (nSPS) is 10.3. The third kappa shape index (κ3) is 3.49. The van der Waals surface area contributed by atoms with Crippen LogP contribution in [0.15, 0.2) is 35.1 Å². The lowest BCUT2D eigenvalue weighted by Crippen LogP contribution is -2.12. The minimum Gasteiger partial charge on any atom is -0.462 e. The molecule has 9 nitrogen and oxygen atoms in total. The van der Waals surface area contributed by atoms with E-state index in [1.807, 2.05) is 0 Å². The van der Waals surface area contributed by atoms with Crippen molar-refractivity contribution in [3.8, 4) is 17.2 Å². The van der Waals surface area contributed by atoms with Gasteiger partial charge in [0.25, 0.3) is 0 Å². The van der Waals surface area contributed by atoms with Gasteiger partial charge in [-0.05, 0) is 24.6 Å². The highest BCUT2D eigenvalue weighted by Crippen LogP contribution is 2.25. The summed E-state index contributed by atoms with van der Waals surface area (Å²) in [5.74, 6) is -0.126. The summed E-state index contributed by atoms with van der Waals surface area (Å²) in [5, 5.41) is 23.1. The lowest BCUT2D eigenvalue weighted by molar-refractivity contribution is 0.0526. The van der Waals surface area contributed by atoms with Gasteiger partial charge in [0, 0.05) is 17.3 Å². The van der Waals surface area contributed by atoms with Gasteiger partial charge >= 0.3 is 5.97 Å². The molecule has 2 heterocycles. The SMILES string of the molecule is CCOC(=O)c1cccc(-c2cc(=O)[nH]c(Cc3nn[nH]n3)c2C#N)c1. The molecule has 0 aliphatic heterocycles. The number of carbonyl (C=O) groups excluding carboxylic acids is 1. The highest BCUT2D eigenvalue weighted by Gasteiger charge is 2.16. The molecule has 0 unspecified atom stereocenters. The van der Waals surface area contributed by atoms with E-state index < -0.39 is 5.97 Å². The van der Waals surface area contributed by atoms with Crippen LogP contribution in [-0.2, 0) is 11.2 Å². The number of hydrogen-bond donors (Lipinski definition) is 2. The maximum Gasteiger partial charge on any atom is 0.338 e. The number of carbonyl (C=O) groups is 1. The molecule has 0 spiro atoms. The number of rotatable bonds is 5. The van der Waals surface area contributed by atoms with Crippen molar-refractivity contribution >= 4 is 5.97 Å². The molecule has 0 saturated heterocycles. The highest BCUT2D eigenvalue weighted by molar-refractivity contribution is 5.91. The van der Waals surface area contributed by atoms with Crippen LogP contribution in [0.5, 0.6) is 0 Å². The van der Waals surface area contributed by atoms with Crippen molar-refractivity contribution in [2.45, 2.75) is 13.3 Å². The molecule has 0 radical (unpaired) electrons. The number of ether oxygens (including phenoxy) is 1. The molecule has 130 valence electrons. The minimum atomic E-state index is -0.468.